The molecule has 0 atom stereocenters. The molecule has 4 rings (SSSR count). The van der Waals surface area contributed by atoms with E-state index in [0.29, 0.717) is 53.0 Å². The van der Waals surface area contributed by atoms with E-state index in [1.54, 1.807) is 102 Å². The van der Waals surface area contributed by atoms with Crippen LogP contribution in [0.2, 0.25) is 0 Å². The molecule has 0 saturated heterocycles. The topological polar surface area (TPSA) is 128 Å². The van der Waals surface area contributed by atoms with Crippen molar-refractivity contribution in [2.45, 2.75) is 84.8 Å². The summed E-state index contributed by atoms with van der Waals surface area (Å²) < 4.78 is 11.0. The van der Waals surface area contributed by atoms with Crippen molar-refractivity contribution in [2.75, 3.05) is 17.2 Å². The predicted octanol–water partition coefficient (Wildman–Crippen LogP) is 6.92. The second-order valence-electron chi connectivity index (χ2n) is 13.7. The Morgan fingerprint density at radius 2 is 1.26 bits per heavy atom. The number of unbranched alkanes of at least 4 members (excludes halogenated alkanes) is 2. The van der Waals surface area contributed by atoms with Gasteiger partial charge in [-0.05, 0) is 84.6 Å². The molecule has 1 aliphatic carbocycles. The number of carbonyl (C=O) groups is 5. The summed E-state index contributed by atoms with van der Waals surface area (Å²) in [6.45, 7) is 11.1. The zero-order valence-corrected chi connectivity index (χ0v) is 28.0. The second kappa shape index (κ2) is 14.8. The maximum absolute atomic E-state index is 13.2. The summed E-state index contributed by atoms with van der Waals surface area (Å²) >= 11 is 0. The molecule has 0 unspecified atom stereocenters. The zero-order chi connectivity index (χ0) is 34.4. The first kappa shape index (κ1) is 35.1. The van der Waals surface area contributed by atoms with E-state index in [9.17, 15) is 24.0 Å². The third kappa shape index (κ3) is 9.61. The van der Waals surface area contributed by atoms with E-state index in [-0.39, 0.29) is 23.9 Å². The zero-order valence-electron chi connectivity index (χ0n) is 28.0. The molecule has 0 saturated carbocycles. The number of amides is 1. The Bertz CT molecular complexity index is 1620. The van der Waals surface area contributed by atoms with Gasteiger partial charge >= 0.3 is 11.9 Å². The van der Waals surface area contributed by atoms with Crippen LogP contribution >= 0.6 is 0 Å². The van der Waals surface area contributed by atoms with Crippen molar-refractivity contribution in [3.05, 3.63) is 94.5 Å². The summed E-state index contributed by atoms with van der Waals surface area (Å²) in [5.41, 5.74) is 2.15. The molecule has 47 heavy (non-hydrogen) atoms. The standard InChI is InChI=1S/C38H44N2O7/c1-37(2,3)46-35(44)29(36(45)47-38(4,5)6)23-24-18-20-25(21-19-24)40-31(41)17-8-7-11-22-39-30-16-12-15-28-32(30)34(43)27-14-10-9-13-26(27)33(28)42/h9-10,12-16,18-21,29,39H,7-8,11,17,22-23H2,1-6H3,(H,40,41). The lowest BCUT2D eigenvalue weighted by Gasteiger charge is -2.26. The van der Waals surface area contributed by atoms with Gasteiger partial charge in [0.15, 0.2) is 17.5 Å². The lowest BCUT2D eigenvalue weighted by molar-refractivity contribution is -0.174. The fourth-order valence-corrected chi connectivity index (χ4v) is 5.29. The first-order chi connectivity index (χ1) is 22.1. The van der Waals surface area contributed by atoms with Crippen molar-refractivity contribution in [2.24, 2.45) is 5.92 Å². The van der Waals surface area contributed by atoms with E-state index < -0.39 is 29.1 Å². The van der Waals surface area contributed by atoms with E-state index in [1.807, 2.05) is 6.07 Å². The molecule has 9 heteroatoms. The molecule has 0 spiro atoms. The molecular weight excluding hydrogens is 596 g/mol. The molecule has 0 bridgehead atoms. The van der Waals surface area contributed by atoms with E-state index in [4.69, 9.17) is 9.47 Å². The minimum atomic E-state index is -1.12. The quantitative estimate of drug-likeness (QED) is 0.0971. The van der Waals surface area contributed by atoms with Crippen LogP contribution in [-0.2, 0) is 30.3 Å². The SMILES string of the molecule is CC(C)(C)OC(=O)C(Cc1ccc(NC(=O)CCCCCNc2cccc3c2C(=O)c2ccccc2C3=O)cc1)C(=O)OC(C)(C)C. The van der Waals surface area contributed by atoms with Crippen molar-refractivity contribution in [3.63, 3.8) is 0 Å². The number of nitrogens with one attached hydrogen (secondary N) is 2. The molecule has 0 aliphatic heterocycles. The normalized spacial score (nSPS) is 12.7. The van der Waals surface area contributed by atoms with Crippen molar-refractivity contribution in [1.29, 1.82) is 0 Å². The number of ether oxygens (including phenoxy) is 2. The number of fused-ring (bicyclic) bond motifs is 2. The second-order valence-corrected chi connectivity index (χ2v) is 13.7. The first-order valence-electron chi connectivity index (χ1n) is 16.0. The van der Waals surface area contributed by atoms with Crippen LogP contribution in [0.4, 0.5) is 11.4 Å². The maximum Gasteiger partial charge on any atom is 0.321 e. The number of hydrogen-bond acceptors (Lipinski definition) is 8. The number of rotatable bonds is 12. The Hall–Kier alpha value is -4.79. The largest absolute Gasteiger partial charge is 0.459 e. The summed E-state index contributed by atoms with van der Waals surface area (Å²) in [5, 5.41) is 6.20. The van der Waals surface area contributed by atoms with E-state index in [2.05, 4.69) is 10.6 Å². The summed E-state index contributed by atoms with van der Waals surface area (Å²) in [6.07, 6.45) is 2.69. The summed E-state index contributed by atoms with van der Waals surface area (Å²) in [4.78, 5) is 64.4. The summed E-state index contributed by atoms with van der Waals surface area (Å²) in [5.74, 6) is -2.82. The number of ketones is 2. The first-order valence-corrected chi connectivity index (χ1v) is 16.0. The van der Waals surface area contributed by atoms with Gasteiger partial charge in [-0.2, -0.15) is 0 Å². The molecular formula is C38H44N2O7. The highest BCUT2D eigenvalue weighted by molar-refractivity contribution is 6.30. The lowest BCUT2D eigenvalue weighted by Crippen LogP contribution is -2.38. The molecule has 0 aromatic heterocycles. The molecule has 2 N–H and O–H groups in total. The van der Waals surface area contributed by atoms with Crippen LogP contribution in [0.25, 0.3) is 0 Å². The minimum Gasteiger partial charge on any atom is -0.459 e. The average Bonchev–Trinajstić information content (AvgIpc) is 2.99. The number of carbonyl (C=O) groups excluding carboxylic acids is 5. The molecule has 1 amide bonds. The van der Waals surface area contributed by atoms with Gasteiger partial charge in [0.2, 0.25) is 5.91 Å². The van der Waals surface area contributed by atoms with Gasteiger partial charge in [0.05, 0.1) is 5.56 Å². The molecule has 0 radical (unpaired) electrons. The van der Waals surface area contributed by atoms with Crippen LogP contribution in [-0.4, -0.2) is 47.2 Å². The van der Waals surface area contributed by atoms with Gasteiger partial charge in [0.1, 0.15) is 11.2 Å². The molecule has 3 aromatic rings. The Morgan fingerprint density at radius 1 is 0.681 bits per heavy atom. The fourth-order valence-electron chi connectivity index (χ4n) is 5.29. The van der Waals surface area contributed by atoms with Crippen molar-refractivity contribution < 1.29 is 33.4 Å². The fraction of sp³-hybridized carbons (Fsp3) is 0.395. The monoisotopic (exact) mass is 640 g/mol. The van der Waals surface area contributed by atoms with Crippen LogP contribution < -0.4 is 10.6 Å². The van der Waals surface area contributed by atoms with Gasteiger partial charge < -0.3 is 20.1 Å². The molecule has 1 aliphatic rings. The van der Waals surface area contributed by atoms with Gasteiger partial charge in [0, 0.05) is 41.0 Å². The summed E-state index contributed by atoms with van der Waals surface area (Å²) in [7, 11) is 0. The molecule has 0 heterocycles. The third-order valence-corrected chi connectivity index (χ3v) is 7.41. The smallest absolute Gasteiger partial charge is 0.321 e. The van der Waals surface area contributed by atoms with Gasteiger partial charge in [-0.3, -0.25) is 24.0 Å². The third-order valence-electron chi connectivity index (χ3n) is 7.41. The maximum atomic E-state index is 13.2. The van der Waals surface area contributed by atoms with E-state index in [0.717, 1.165) is 18.4 Å². The number of hydrogen-bond donors (Lipinski definition) is 2. The van der Waals surface area contributed by atoms with E-state index in [1.165, 1.54) is 0 Å². The highest BCUT2D eigenvalue weighted by Gasteiger charge is 2.35. The van der Waals surface area contributed by atoms with Crippen LogP contribution in [0.15, 0.2) is 66.7 Å². The van der Waals surface area contributed by atoms with Crippen molar-refractivity contribution in [3.8, 4) is 0 Å². The lowest BCUT2D eigenvalue weighted by atomic mass is 9.83. The molecule has 3 aromatic carbocycles. The van der Waals surface area contributed by atoms with E-state index >= 15 is 0 Å². The van der Waals surface area contributed by atoms with Crippen molar-refractivity contribution >= 4 is 40.8 Å². The number of anilines is 2. The predicted molar refractivity (Wildman–Crippen MR) is 181 cm³/mol. The average molecular weight is 641 g/mol. The number of esters is 2. The molecule has 0 fully saturated rings. The number of benzene rings is 3. The molecule has 9 nitrogen and oxygen atoms in total. The van der Waals surface area contributed by atoms with Crippen LogP contribution in [0.3, 0.4) is 0 Å². The van der Waals surface area contributed by atoms with Crippen LogP contribution in [0.5, 0.6) is 0 Å². The van der Waals surface area contributed by atoms with Gasteiger partial charge in [-0.1, -0.05) is 55.0 Å². The highest BCUT2D eigenvalue weighted by Crippen LogP contribution is 2.32. The van der Waals surface area contributed by atoms with Crippen LogP contribution in [0.1, 0.15) is 105 Å². The van der Waals surface area contributed by atoms with Gasteiger partial charge in [-0.15, -0.1) is 0 Å². The Kier molecular flexibility index (Phi) is 11.0. The minimum absolute atomic E-state index is 0.107. The van der Waals surface area contributed by atoms with Gasteiger partial charge in [0.25, 0.3) is 0 Å². The summed E-state index contributed by atoms with van der Waals surface area (Å²) in [6, 6.07) is 19.2. The Balaban J connectivity index is 1.23. The Morgan fingerprint density at radius 3 is 1.85 bits per heavy atom. The Labute approximate surface area is 276 Å². The highest BCUT2D eigenvalue weighted by atomic mass is 16.6. The van der Waals surface area contributed by atoms with Gasteiger partial charge in [-0.25, -0.2) is 0 Å². The molecule has 248 valence electrons. The van der Waals surface area contributed by atoms with Crippen LogP contribution in [0, 0.1) is 5.92 Å². The van der Waals surface area contributed by atoms with Crippen molar-refractivity contribution in [1.82, 2.24) is 0 Å².